The summed E-state index contributed by atoms with van der Waals surface area (Å²) in [6, 6.07) is 16.9. The summed E-state index contributed by atoms with van der Waals surface area (Å²) in [6.07, 6.45) is 0. The normalized spacial score (nSPS) is 11.6. The number of nitrogens with zero attached hydrogens (tertiary/aromatic N) is 4. The van der Waals surface area contributed by atoms with Crippen LogP contribution in [0, 0.1) is 6.92 Å². The summed E-state index contributed by atoms with van der Waals surface area (Å²) in [5.74, 6) is 0.376. The van der Waals surface area contributed by atoms with E-state index in [1.54, 1.807) is 13.0 Å². The van der Waals surface area contributed by atoms with Gasteiger partial charge in [-0.15, -0.1) is 0 Å². The largest absolute Gasteiger partial charge is 0.325 e. The predicted octanol–water partition coefficient (Wildman–Crippen LogP) is 4.52. The van der Waals surface area contributed by atoms with Crippen LogP contribution in [0.5, 0.6) is 0 Å². The topological polar surface area (TPSA) is 122 Å². The molecule has 0 bridgehead atoms. The maximum absolute atomic E-state index is 12.6. The molecular weight excluding hydrogens is 454 g/mol. The number of para-hydroxylation sites is 2. The molecule has 156 valence electrons. The van der Waals surface area contributed by atoms with E-state index in [0.29, 0.717) is 16.6 Å². The summed E-state index contributed by atoms with van der Waals surface area (Å²) in [7, 11) is -3.98. The van der Waals surface area contributed by atoms with Crippen molar-refractivity contribution in [3.8, 4) is 0 Å². The standard InChI is InChI=1S/C19H15N7O2S3/c1-11-10-16(24-18-21-12-6-2-4-8-14(12)29-18)23-17(20-11)25-31(27,28)26-19-22-13-7-3-5-9-15(13)30-19/h2-10H,1H3,(H,22,26)(H2,20,21,23,24,25). The van der Waals surface area contributed by atoms with Gasteiger partial charge in [0.15, 0.2) is 10.3 Å². The van der Waals surface area contributed by atoms with E-state index in [9.17, 15) is 8.42 Å². The van der Waals surface area contributed by atoms with Crippen molar-refractivity contribution in [2.45, 2.75) is 6.92 Å². The minimum Gasteiger partial charge on any atom is -0.316 e. The third kappa shape index (κ3) is 4.40. The van der Waals surface area contributed by atoms with Crippen molar-refractivity contribution in [2.75, 3.05) is 14.8 Å². The first-order chi connectivity index (χ1) is 14.9. The zero-order valence-corrected chi connectivity index (χ0v) is 18.5. The van der Waals surface area contributed by atoms with Crippen LogP contribution in [0.3, 0.4) is 0 Å². The average molecular weight is 470 g/mol. The lowest BCUT2D eigenvalue weighted by atomic mass is 10.3. The lowest BCUT2D eigenvalue weighted by molar-refractivity contribution is 0.605. The summed E-state index contributed by atoms with van der Waals surface area (Å²) < 4.78 is 31.9. The molecule has 2 aromatic carbocycles. The molecule has 3 aromatic heterocycles. The van der Waals surface area contributed by atoms with Crippen LogP contribution in [0.4, 0.5) is 22.0 Å². The van der Waals surface area contributed by atoms with Gasteiger partial charge in [0.1, 0.15) is 5.82 Å². The first kappa shape index (κ1) is 19.6. The van der Waals surface area contributed by atoms with Crippen molar-refractivity contribution in [1.29, 1.82) is 0 Å². The van der Waals surface area contributed by atoms with Crippen LogP contribution in [0.2, 0.25) is 0 Å². The van der Waals surface area contributed by atoms with Crippen molar-refractivity contribution < 1.29 is 8.42 Å². The fraction of sp³-hybridized carbons (Fsp3) is 0.0526. The molecule has 5 aromatic rings. The predicted molar refractivity (Wildman–Crippen MR) is 125 cm³/mol. The second-order valence-corrected chi connectivity index (χ2v) is 10.0. The molecule has 0 aliphatic carbocycles. The maximum atomic E-state index is 12.6. The van der Waals surface area contributed by atoms with E-state index in [1.807, 2.05) is 48.5 Å². The van der Waals surface area contributed by atoms with E-state index in [0.717, 1.165) is 20.4 Å². The Kier molecular flexibility index (Phi) is 4.88. The van der Waals surface area contributed by atoms with Crippen molar-refractivity contribution in [2.24, 2.45) is 0 Å². The highest BCUT2D eigenvalue weighted by Gasteiger charge is 2.16. The van der Waals surface area contributed by atoms with Gasteiger partial charge in [-0.2, -0.15) is 13.4 Å². The summed E-state index contributed by atoms with van der Waals surface area (Å²) in [5, 5.41) is 4.03. The third-order valence-electron chi connectivity index (χ3n) is 4.12. The van der Waals surface area contributed by atoms with Gasteiger partial charge in [0.25, 0.3) is 0 Å². The quantitative estimate of drug-likeness (QED) is 0.334. The number of anilines is 4. The van der Waals surface area contributed by atoms with Crippen molar-refractivity contribution in [1.82, 2.24) is 19.9 Å². The summed E-state index contributed by atoms with van der Waals surface area (Å²) >= 11 is 2.72. The summed E-state index contributed by atoms with van der Waals surface area (Å²) in [6.45, 7) is 1.75. The highest BCUT2D eigenvalue weighted by Crippen LogP contribution is 2.28. The number of hydrogen-bond donors (Lipinski definition) is 3. The number of rotatable bonds is 6. The van der Waals surface area contributed by atoms with E-state index >= 15 is 0 Å². The van der Waals surface area contributed by atoms with Crippen LogP contribution in [0.25, 0.3) is 20.4 Å². The first-order valence-electron chi connectivity index (χ1n) is 9.08. The number of benzene rings is 2. The monoisotopic (exact) mass is 469 g/mol. The fourth-order valence-electron chi connectivity index (χ4n) is 2.89. The number of hydrogen-bond acceptors (Lipinski definition) is 9. The third-order valence-corrected chi connectivity index (χ3v) is 7.07. The SMILES string of the molecule is Cc1cc(Nc2nc3ccccc3s2)nc(NS(=O)(=O)Nc2nc3ccccc3s2)n1. The second-order valence-electron chi connectivity index (χ2n) is 6.52. The molecule has 5 rings (SSSR count). The molecule has 0 amide bonds. The number of nitrogens with one attached hydrogen (secondary N) is 3. The van der Waals surface area contributed by atoms with Crippen LogP contribution < -0.4 is 14.8 Å². The van der Waals surface area contributed by atoms with Crippen LogP contribution >= 0.6 is 22.7 Å². The average Bonchev–Trinajstić information content (AvgIpc) is 3.28. The van der Waals surface area contributed by atoms with Crippen LogP contribution in [-0.4, -0.2) is 28.4 Å². The zero-order valence-electron chi connectivity index (χ0n) is 16.0. The van der Waals surface area contributed by atoms with Crippen molar-refractivity contribution >= 4 is 75.3 Å². The maximum Gasteiger partial charge on any atom is 0.325 e. The molecule has 0 spiro atoms. The van der Waals surface area contributed by atoms with E-state index in [-0.39, 0.29) is 11.1 Å². The minimum absolute atomic E-state index is 0.0581. The summed E-state index contributed by atoms with van der Waals surface area (Å²) in [5.41, 5.74) is 2.19. The van der Waals surface area contributed by atoms with Gasteiger partial charge < -0.3 is 5.32 Å². The number of aryl methyl sites for hydroxylation is 1. The smallest absolute Gasteiger partial charge is 0.316 e. The van der Waals surface area contributed by atoms with Gasteiger partial charge >= 0.3 is 10.2 Å². The molecule has 12 heteroatoms. The second kappa shape index (κ2) is 7.72. The Morgan fingerprint density at radius 2 is 1.39 bits per heavy atom. The molecule has 0 radical (unpaired) electrons. The molecule has 0 atom stereocenters. The van der Waals surface area contributed by atoms with E-state index in [4.69, 9.17) is 0 Å². The lowest BCUT2D eigenvalue weighted by Crippen LogP contribution is -2.23. The molecule has 0 saturated heterocycles. The Labute approximate surface area is 185 Å². The Hall–Kier alpha value is -3.35. The summed E-state index contributed by atoms with van der Waals surface area (Å²) in [4.78, 5) is 17.2. The van der Waals surface area contributed by atoms with E-state index < -0.39 is 10.2 Å². The molecule has 0 fully saturated rings. The highest BCUT2D eigenvalue weighted by atomic mass is 32.2. The molecule has 0 unspecified atom stereocenters. The minimum atomic E-state index is -3.98. The Bertz CT molecular complexity index is 1450. The molecule has 3 heterocycles. The Morgan fingerprint density at radius 3 is 2.06 bits per heavy atom. The number of aromatic nitrogens is 4. The van der Waals surface area contributed by atoms with Gasteiger partial charge in [0, 0.05) is 11.8 Å². The molecule has 0 aliphatic heterocycles. The van der Waals surface area contributed by atoms with Gasteiger partial charge in [-0.3, -0.25) is 0 Å². The van der Waals surface area contributed by atoms with E-state index in [2.05, 4.69) is 34.7 Å². The number of fused-ring (bicyclic) bond motifs is 2. The molecule has 0 aliphatic rings. The lowest BCUT2D eigenvalue weighted by Gasteiger charge is -2.09. The van der Waals surface area contributed by atoms with Gasteiger partial charge in [0.2, 0.25) is 5.95 Å². The molecule has 3 N–H and O–H groups in total. The van der Waals surface area contributed by atoms with E-state index in [1.165, 1.54) is 22.7 Å². The van der Waals surface area contributed by atoms with Crippen LogP contribution in [0.1, 0.15) is 5.69 Å². The highest BCUT2D eigenvalue weighted by molar-refractivity contribution is 7.94. The molecular formula is C19H15N7O2S3. The van der Waals surface area contributed by atoms with Gasteiger partial charge in [-0.1, -0.05) is 46.9 Å². The van der Waals surface area contributed by atoms with Crippen molar-refractivity contribution in [3.05, 3.63) is 60.3 Å². The Morgan fingerprint density at radius 1 is 0.774 bits per heavy atom. The fourth-order valence-corrected chi connectivity index (χ4v) is 5.63. The van der Waals surface area contributed by atoms with Crippen molar-refractivity contribution in [3.63, 3.8) is 0 Å². The molecule has 31 heavy (non-hydrogen) atoms. The van der Waals surface area contributed by atoms with Gasteiger partial charge in [0.05, 0.1) is 20.4 Å². The van der Waals surface area contributed by atoms with Gasteiger partial charge in [-0.05, 0) is 31.2 Å². The number of thiazole rings is 2. The first-order valence-corrected chi connectivity index (χ1v) is 12.2. The Balaban J connectivity index is 1.36. The zero-order chi connectivity index (χ0) is 21.4. The van der Waals surface area contributed by atoms with Gasteiger partial charge in [-0.25, -0.2) is 24.4 Å². The van der Waals surface area contributed by atoms with Crippen LogP contribution in [-0.2, 0) is 10.2 Å². The van der Waals surface area contributed by atoms with Crippen LogP contribution in [0.15, 0.2) is 54.6 Å². The molecule has 9 nitrogen and oxygen atoms in total. The molecule has 0 saturated carbocycles.